The Bertz CT molecular complexity index is 454. The van der Waals surface area contributed by atoms with Crippen LogP contribution >= 0.6 is 0 Å². The largest absolute Gasteiger partial charge is 0.409 e. The number of hydrogen-bond acceptors (Lipinski definition) is 4. The molecule has 2 rings (SSSR count). The number of likely N-dealkylation sites (N-methyl/N-ethyl adjacent to an activating group) is 1. The molecular formula is C13H19N3O2. The molecule has 98 valence electrons. The normalized spacial score (nSPS) is 20.1. The lowest BCUT2D eigenvalue weighted by atomic mass is 10.1. The van der Waals surface area contributed by atoms with Gasteiger partial charge >= 0.3 is 0 Å². The first-order valence-electron chi connectivity index (χ1n) is 6.02. The summed E-state index contributed by atoms with van der Waals surface area (Å²) in [4.78, 5) is 2.15. The van der Waals surface area contributed by atoms with Crippen LogP contribution in [0.15, 0.2) is 23.4 Å². The number of hydrogen-bond donors (Lipinski definition) is 2. The van der Waals surface area contributed by atoms with E-state index in [-0.39, 0.29) is 5.84 Å². The highest BCUT2D eigenvalue weighted by Crippen LogP contribution is 2.25. The molecule has 0 spiro atoms. The van der Waals surface area contributed by atoms with Crippen molar-refractivity contribution in [2.24, 2.45) is 10.9 Å². The second-order valence-corrected chi connectivity index (χ2v) is 4.63. The zero-order valence-corrected chi connectivity index (χ0v) is 10.8. The minimum Gasteiger partial charge on any atom is -0.409 e. The van der Waals surface area contributed by atoms with E-state index in [0.717, 1.165) is 36.4 Å². The molecule has 1 atom stereocenters. The molecule has 3 N–H and O–H groups in total. The van der Waals surface area contributed by atoms with Crippen LogP contribution in [0.25, 0.3) is 0 Å². The van der Waals surface area contributed by atoms with Crippen LogP contribution in [0.4, 0.5) is 5.69 Å². The van der Waals surface area contributed by atoms with Gasteiger partial charge in [-0.1, -0.05) is 11.2 Å². The minimum atomic E-state index is 0.135. The van der Waals surface area contributed by atoms with Gasteiger partial charge < -0.3 is 20.6 Å². The maximum absolute atomic E-state index is 8.85. The van der Waals surface area contributed by atoms with E-state index in [9.17, 15) is 0 Å². The summed E-state index contributed by atoms with van der Waals surface area (Å²) in [6.45, 7) is 3.54. The third-order valence-corrected chi connectivity index (χ3v) is 3.37. The van der Waals surface area contributed by atoms with E-state index in [2.05, 4.69) is 10.1 Å². The summed E-state index contributed by atoms with van der Waals surface area (Å²) in [5.74, 6) is 0.135. The van der Waals surface area contributed by atoms with E-state index in [1.807, 2.05) is 32.2 Å². The van der Waals surface area contributed by atoms with Crippen LogP contribution in [0.1, 0.15) is 17.5 Å². The van der Waals surface area contributed by atoms with Crippen LogP contribution < -0.4 is 10.6 Å². The van der Waals surface area contributed by atoms with Crippen LogP contribution in [0.5, 0.6) is 0 Å². The monoisotopic (exact) mass is 249 g/mol. The molecule has 0 aliphatic carbocycles. The van der Waals surface area contributed by atoms with Gasteiger partial charge in [0.25, 0.3) is 0 Å². The highest BCUT2D eigenvalue weighted by atomic mass is 16.5. The van der Waals surface area contributed by atoms with Crippen molar-refractivity contribution >= 4 is 11.5 Å². The first-order valence-corrected chi connectivity index (χ1v) is 6.02. The van der Waals surface area contributed by atoms with Gasteiger partial charge in [0.1, 0.15) is 0 Å². The lowest BCUT2D eigenvalue weighted by Gasteiger charge is -2.27. The Hall–Kier alpha value is -1.75. The molecule has 0 saturated carbocycles. The van der Waals surface area contributed by atoms with Gasteiger partial charge in [-0.05, 0) is 31.0 Å². The Morgan fingerprint density at radius 2 is 2.33 bits per heavy atom. The van der Waals surface area contributed by atoms with Gasteiger partial charge in [-0.15, -0.1) is 0 Å². The molecule has 1 heterocycles. The van der Waals surface area contributed by atoms with Gasteiger partial charge in [-0.2, -0.15) is 0 Å². The maximum atomic E-state index is 8.85. The van der Waals surface area contributed by atoms with Gasteiger partial charge in [0.05, 0.1) is 12.6 Å². The fourth-order valence-corrected chi connectivity index (χ4v) is 2.23. The quantitative estimate of drug-likeness (QED) is 0.367. The Morgan fingerprint density at radius 1 is 1.56 bits per heavy atom. The standard InChI is InChI=1S/C13H19N3O2/c1-9-3-4-11(13(14)15-17)12(7-9)16(2)10-5-6-18-8-10/h3-4,7,10,17H,5-6,8H2,1-2H3,(H2,14,15). The molecule has 0 aromatic heterocycles. The molecule has 1 fully saturated rings. The molecule has 1 aromatic carbocycles. The summed E-state index contributed by atoms with van der Waals surface area (Å²) >= 11 is 0. The lowest BCUT2D eigenvalue weighted by molar-refractivity contribution is 0.193. The molecule has 1 saturated heterocycles. The molecule has 1 aromatic rings. The van der Waals surface area contributed by atoms with Crippen LogP contribution in [0, 0.1) is 6.92 Å². The van der Waals surface area contributed by atoms with Crippen molar-refractivity contribution in [2.75, 3.05) is 25.2 Å². The van der Waals surface area contributed by atoms with Crippen molar-refractivity contribution in [3.63, 3.8) is 0 Å². The number of benzene rings is 1. The molecule has 5 nitrogen and oxygen atoms in total. The second kappa shape index (κ2) is 5.27. The molecule has 1 aliphatic rings. The van der Waals surface area contributed by atoms with E-state index in [0.29, 0.717) is 6.04 Å². The zero-order valence-electron chi connectivity index (χ0n) is 10.8. The first-order chi connectivity index (χ1) is 8.63. The number of nitrogens with two attached hydrogens (primary N) is 1. The third-order valence-electron chi connectivity index (χ3n) is 3.37. The number of rotatable bonds is 3. The summed E-state index contributed by atoms with van der Waals surface area (Å²) in [5.41, 5.74) is 8.59. The third kappa shape index (κ3) is 2.41. The fourth-order valence-electron chi connectivity index (χ4n) is 2.23. The number of anilines is 1. The molecule has 18 heavy (non-hydrogen) atoms. The minimum absolute atomic E-state index is 0.135. The summed E-state index contributed by atoms with van der Waals surface area (Å²) in [5, 5.41) is 11.9. The van der Waals surface area contributed by atoms with Crippen molar-refractivity contribution in [3.05, 3.63) is 29.3 Å². The highest BCUT2D eigenvalue weighted by molar-refractivity contribution is 6.02. The number of oxime groups is 1. The Labute approximate surface area is 107 Å². The van der Waals surface area contributed by atoms with Crippen molar-refractivity contribution in [1.29, 1.82) is 0 Å². The van der Waals surface area contributed by atoms with Crippen LogP contribution in [-0.4, -0.2) is 37.3 Å². The Morgan fingerprint density at radius 3 is 2.94 bits per heavy atom. The SMILES string of the molecule is Cc1ccc(/C(N)=N/O)c(N(C)C2CCOC2)c1. The molecule has 0 amide bonds. The number of ether oxygens (including phenoxy) is 1. The average molecular weight is 249 g/mol. The zero-order chi connectivity index (χ0) is 13.1. The molecular weight excluding hydrogens is 230 g/mol. The molecule has 5 heteroatoms. The van der Waals surface area contributed by atoms with Gasteiger partial charge in [-0.3, -0.25) is 0 Å². The molecule has 0 radical (unpaired) electrons. The molecule has 0 bridgehead atoms. The first kappa shape index (κ1) is 12.7. The van der Waals surface area contributed by atoms with E-state index in [1.165, 1.54) is 0 Å². The average Bonchev–Trinajstić information content (AvgIpc) is 2.90. The summed E-state index contributed by atoms with van der Waals surface area (Å²) in [6.07, 6.45) is 1.00. The van der Waals surface area contributed by atoms with Gasteiger partial charge in [0.15, 0.2) is 5.84 Å². The van der Waals surface area contributed by atoms with E-state index in [1.54, 1.807) is 0 Å². The van der Waals surface area contributed by atoms with E-state index in [4.69, 9.17) is 15.7 Å². The van der Waals surface area contributed by atoms with Gasteiger partial charge in [-0.25, -0.2) is 0 Å². The van der Waals surface area contributed by atoms with Gasteiger partial charge in [0.2, 0.25) is 0 Å². The molecule has 1 aliphatic heterocycles. The van der Waals surface area contributed by atoms with Crippen molar-refractivity contribution in [1.82, 2.24) is 0 Å². The Balaban J connectivity index is 2.37. The van der Waals surface area contributed by atoms with Crippen molar-refractivity contribution in [3.8, 4) is 0 Å². The van der Waals surface area contributed by atoms with E-state index >= 15 is 0 Å². The fraction of sp³-hybridized carbons (Fsp3) is 0.462. The predicted octanol–water partition coefficient (Wildman–Crippen LogP) is 1.31. The second-order valence-electron chi connectivity index (χ2n) is 4.63. The summed E-state index contributed by atoms with van der Waals surface area (Å²) < 4.78 is 5.40. The Kier molecular flexibility index (Phi) is 3.72. The summed E-state index contributed by atoms with van der Waals surface area (Å²) in [7, 11) is 2.02. The topological polar surface area (TPSA) is 71.1 Å². The highest BCUT2D eigenvalue weighted by Gasteiger charge is 2.23. The lowest BCUT2D eigenvalue weighted by Crippen LogP contribution is -2.33. The summed E-state index contributed by atoms with van der Waals surface area (Å²) in [6, 6.07) is 6.23. The van der Waals surface area contributed by atoms with Gasteiger partial charge in [0, 0.05) is 24.9 Å². The van der Waals surface area contributed by atoms with Crippen molar-refractivity contribution < 1.29 is 9.94 Å². The van der Waals surface area contributed by atoms with Crippen molar-refractivity contribution in [2.45, 2.75) is 19.4 Å². The maximum Gasteiger partial charge on any atom is 0.172 e. The van der Waals surface area contributed by atoms with Crippen LogP contribution in [0.2, 0.25) is 0 Å². The van der Waals surface area contributed by atoms with E-state index < -0.39 is 0 Å². The predicted molar refractivity (Wildman–Crippen MR) is 71.3 cm³/mol. The van der Waals surface area contributed by atoms with Crippen LogP contribution in [-0.2, 0) is 4.74 Å². The number of aryl methyl sites for hydroxylation is 1. The number of nitrogens with zero attached hydrogens (tertiary/aromatic N) is 2. The molecule has 1 unspecified atom stereocenters. The smallest absolute Gasteiger partial charge is 0.172 e. The van der Waals surface area contributed by atoms with Crippen LogP contribution in [0.3, 0.4) is 0 Å². The number of amidine groups is 1.